The highest BCUT2D eigenvalue weighted by atomic mass is 35.5. The van der Waals surface area contributed by atoms with Crippen molar-refractivity contribution < 1.29 is 9.18 Å². The molecule has 1 spiro atoms. The molecule has 1 aromatic carbocycles. The van der Waals surface area contributed by atoms with Crippen LogP contribution in [0.1, 0.15) is 43.4 Å². The summed E-state index contributed by atoms with van der Waals surface area (Å²) in [7, 11) is 0. The molecule has 31 heavy (non-hydrogen) atoms. The smallest absolute Gasteiger partial charge is 0.259 e. The molecule has 0 unspecified atom stereocenters. The van der Waals surface area contributed by atoms with Crippen LogP contribution in [0.5, 0.6) is 0 Å². The molecule has 9 heteroatoms. The van der Waals surface area contributed by atoms with E-state index in [1.165, 1.54) is 17.0 Å². The van der Waals surface area contributed by atoms with Crippen LogP contribution in [0.4, 0.5) is 15.8 Å². The Morgan fingerprint density at radius 1 is 1.26 bits per heavy atom. The van der Waals surface area contributed by atoms with Crippen molar-refractivity contribution in [1.82, 2.24) is 4.98 Å². The summed E-state index contributed by atoms with van der Waals surface area (Å²) in [6, 6.07) is 10.4. The maximum atomic E-state index is 15.0. The summed E-state index contributed by atoms with van der Waals surface area (Å²) in [6.07, 6.45) is 5.58. The predicted molar refractivity (Wildman–Crippen MR) is 118 cm³/mol. The largest absolute Gasteiger partial charge is 0.301 e. The van der Waals surface area contributed by atoms with Crippen LogP contribution >= 0.6 is 23.8 Å². The van der Waals surface area contributed by atoms with E-state index in [9.17, 15) is 9.18 Å². The molecule has 0 radical (unpaired) electrons. The van der Waals surface area contributed by atoms with E-state index >= 15 is 0 Å². The molecule has 1 saturated carbocycles. The Bertz CT molecular complexity index is 1150. The van der Waals surface area contributed by atoms with Crippen LogP contribution in [0.3, 0.4) is 0 Å². The maximum absolute atomic E-state index is 15.0. The Balaban J connectivity index is 1.70. The number of anilines is 2. The van der Waals surface area contributed by atoms with Gasteiger partial charge in [0.15, 0.2) is 10.9 Å². The Hall–Kier alpha value is -3.07. The average Bonchev–Trinajstić information content (AvgIpc) is 2.98. The number of nitriles is 2. The molecule has 6 nitrogen and oxygen atoms in total. The lowest BCUT2D eigenvalue weighted by Crippen LogP contribution is -2.55. The summed E-state index contributed by atoms with van der Waals surface area (Å²) in [4.78, 5) is 20.8. The van der Waals surface area contributed by atoms with E-state index in [-0.39, 0.29) is 27.3 Å². The third kappa shape index (κ3) is 3.33. The van der Waals surface area contributed by atoms with Crippen LogP contribution in [0, 0.1) is 28.5 Å². The highest BCUT2D eigenvalue weighted by Crippen LogP contribution is 2.48. The van der Waals surface area contributed by atoms with Crippen molar-refractivity contribution in [2.45, 2.75) is 44.1 Å². The molecule has 2 aliphatic rings. The second kappa shape index (κ2) is 8.22. The Kier molecular flexibility index (Phi) is 5.62. The number of thiocarbonyl (C=S) groups is 1. The number of pyridine rings is 1. The van der Waals surface area contributed by atoms with E-state index in [4.69, 9.17) is 34.3 Å². The topological polar surface area (TPSA) is 84.0 Å². The molecule has 0 bridgehead atoms. The molecule has 2 fully saturated rings. The van der Waals surface area contributed by atoms with Crippen molar-refractivity contribution >= 4 is 46.2 Å². The number of amides is 1. The van der Waals surface area contributed by atoms with Gasteiger partial charge in [-0.25, -0.2) is 4.39 Å². The lowest BCUT2D eigenvalue weighted by molar-refractivity contribution is -0.123. The summed E-state index contributed by atoms with van der Waals surface area (Å²) in [5.41, 5.74) is 0.568. The van der Waals surface area contributed by atoms with E-state index < -0.39 is 11.4 Å². The summed E-state index contributed by atoms with van der Waals surface area (Å²) in [5, 5.41) is 17.6. The second-order valence-corrected chi connectivity index (χ2v) is 8.28. The van der Waals surface area contributed by atoms with E-state index in [1.807, 2.05) is 18.2 Å². The lowest BCUT2D eigenvalue weighted by Gasteiger charge is -2.42. The second-order valence-electron chi connectivity index (χ2n) is 7.54. The van der Waals surface area contributed by atoms with E-state index in [2.05, 4.69) is 11.1 Å². The van der Waals surface area contributed by atoms with Crippen LogP contribution in [0.25, 0.3) is 0 Å². The first-order chi connectivity index (χ1) is 14.9. The summed E-state index contributed by atoms with van der Waals surface area (Å²) in [6.45, 7) is 0. The Labute approximate surface area is 189 Å². The first-order valence-electron chi connectivity index (χ1n) is 9.83. The Morgan fingerprint density at radius 2 is 2.03 bits per heavy atom. The van der Waals surface area contributed by atoms with Crippen LogP contribution in [0.15, 0.2) is 30.5 Å². The molecule has 156 valence electrons. The van der Waals surface area contributed by atoms with Crippen molar-refractivity contribution in [3.8, 4) is 12.1 Å². The van der Waals surface area contributed by atoms with Gasteiger partial charge in [-0.15, -0.1) is 0 Å². The zero-order valence-corrected chi connectivity index (χ0v) is 18.0. The van der Waals surface area contributed by atoms with Gasteiger partial charge in [0, 0.05) is 12.1 Å². The standard InChI is InChI=1S/C22H17ClFN5OS/c23-18-14(12-26)5-8-17(19(18)24)28-20(30)22(9-3-10-22)29(21(28)31)16-7-6-15(27-13-16)4-1-2-11-25/h5-8,13H,1-4,9-10H2. The summed E-state index contributed by atoms with van der Waals surface area (Å²) >= 11 is 11.6. The molecular formula is C22H17ClFN5OS. The molecule has 4 rings (SSSR count). The first-order valence-corrected chi connectivity index (χ1v) is 10.6. The van der Waals surface area contributed by atoms with Gasteiger partial charge < -0.3 is 4.90 Å². The van der Waals surface area contributed by atoms with Crippen LogP contribution in [-0.4, -0.2) is 21.5 Å². The van der Waals surface area contributed by atoms with E-state index in [0.29, 0.717) is 31.4 Å². The van der Waals surface area contributed by atoms with Gasteiger partial charge in [0.05, 0.1) is 34.2 Å². The van der Waals surface area contributed by atoms with Crippen LogP contribution in [0.2, 0.25) is 5.02 Å². The molecule has 2 aromatic rings. The molecule has 0 N–H and O–H groups in total. The fraction of sp³-hybridized carbons (Fsp3) is 0.318. The normalized spacial score (nSPS) is 16.9. The molecule has 1 saturated heterocycles. The van der Waals surface area contributed by atoms with Crippen LogP contribution < -0.4 is 9.80 Å². The number of carbonyl (C=O) groups excluding carboxylic acids is 1. The number of hydrogen-bond acceptors (Lipinski definition) is 5. The molecule has 1 aliphatic heterocycles. The number of nitrogens with zero attached hydrogens (tertiary/aromatic N) is 5. The number of aryl methyl sites for hydroxylation is 1. The lowest BCUT2D eigenvalue weighted by atomic mass is 9.75. The van der Waals surface area contributed by atoms with Gasteiger partial charge in [-0.2, -0.15) is 10.5 Å². The van der Waals surface area contributed by atoms with Crippen molar-refractivity contribution in [1.29, 1.82) is 10.5 Å². The van der Waals surface area contributed by atoms with Gasteiger partial charge in [0.25, 0.3) is 5.91 Å². The van der Waals surface area contributed by atoms with Gasteiger partial charge in [0.1, 0.15) is 11.6 Å². The maximum Gasteiger partial charge on any atom is 0.259 e. The first kappa shape index (κ1) is 21.2. The minimum atomic E-state index is -0.867. The van der Waals surface area contributed by atoms with E-state index in [1.54, 1.807) is 11.1 Å². The number of hydrogen-bond donors (Lipinski definition) is 0. The highest BCUT2D eigenvalue weighted by Gasteiger charge is 2.60. The molecule has 1 amide bonds. The average molecular weight is 454 g/mol. The minimum Gasteiger partial charge on any atom is -0.301 e. The number of carbonyl (C=O) groups is 1. The molecule has 1 aromatic heterocycles. The van der Waals surface area contributed by atoms with Crippen LogP contribution in [-0.2, 0) is 11.2 Å². The van der Waals surface area contributed by atoms with Gasteiger partial charge >= 0.3 is 0 Å². The van der Waals surface area contributed by atoms with Gasteiger partial charge in [-0.3, -0.25) is 14.7 Å². The number of rotatable bonds is 5. The SMILES string of the molecule is N#CCCCc1ccc(N2C(=S)N(c3ccc(C#N)c(Cl)c3F)C(=O)C23CCC3)cn1. The zero-order chi connectivity index (χ0) is 22.2. The summed E-state index contributed by atoms with van der Waals surface area (Å²) in [5.74, 6) is -1.15. The van der Waals surface area contributed by atoms with Gasteiger partial charge in [0.2, 0.25) is 0 Å². The number of aromatic nitrogens is 1. The quantitative estimate of drug-likeness (QED) is 0.484. The van der Waals surface area contributed by atoms with Crippen molar-refractivity contribution in [3.05, 3.63) is 52.6 Å². The third-order valence-electron chi connectivity index (χ3n) is 5.80. The predicted octanol–water partition coefficient (Wildman–Crippen LogP) is 4.65. The fourth-order valence-electron chi connectivity index (χ4n) is 4.04. The number of benzene rings is 1. The van der Waals surface area contributed by atoms with Crippen molar-refractivity contribution in [2.75, 3.05) is 9.80 Å². The Morgan fingerprint density at radius 3 is 2.61 bits per heavy atom. The fourth-order valence-corrected chi connectivity index (χ4v) is 4.70. The monoisotopic (exact) mass is 453 g/mol. The molecular weight excluding hydrogens is 437 g/mol. The van der Waals surface area contributed by atoms with Gasteiger partial charge in [-0.1, -0.05) is 11.6 Å². The molecule has 2 heterocycles. The van der Waals surface area contributed by atoms with Crippen molar-refractivity contribution in [3.63, 3.8) is 0 Å². The third-order valence-corrected chi connectivity index (χ3v) is 6.54. The molecule has 1 aliphatic carbocycles. The number of halogens is 2. The number of unbranched alkanes of at least 4 members (excludes halogenated alkanes) is 1. The molecule has 0 atom stereocenters. The summed E-state index contributed by atoms with van der Waals surface area (Å²) < 4.78 is 15.0. The zero-order valence-electron chi connectivity index (χ0n) is 16.4. The van der Waals surface area contributed by atoms with E-state index in [0.717, 1.165) is 18.5 Å². The highest BCUT2D eigenvalue weighted by molar-refractivity contribution is 7.81. The van der Waals surface area contributed by atoms with Crippen molar-refractivity contribution in [2.24, 2.45) is 0 Å². The van der Waals surface area contributed by atoms with Gasteiger partial charge in [-0.05, 0) is 68.6 Å². The minimum absolute atomic E-state index is 0.00752.